The number of hydrogen-bond donors (Lipinski definition) is 1. The molecule has 0 radical (unpaired) electrons. The minimum atomic E-state index is -0.392. The van der Waals surface area contributed by atoms with Crippen molar-refractivity contribution in [1.29, 1.82) is 0 Å². The first-order chi connectivity index (χ1) is 7.68. The highest BCUT2D eigenvalue weighted by atomic mass is 79.9. The van der Waals surface area contributed by atoms with Gasteiger partial charge in [-0.1, -0.05) is 40.5 Å². The van der Waals surface area contributed by atoms with E-state index in [9.17, 15) is 4.79 Å². The lowest BCUT2D eigenvalue weighted by atomic mass is 9.86. The van der Waals surface area contributed by atoms with Gasteiger partial charge >= 0.3 is 6.09 Å². The number of rotatable bonds is 3. The largest absolute Gasteiger partial charge is 0.448 e. The summed E-state index contributed by atoms with van der Waals surface area (Å²) in [5, 5.41) is 2.68. The van der Waals surface area contributed by atoms with Gasteiger partial charge in [0.2, 0.25) is 0 Å². The molecule has 1 aromatic carbocycles. The van der Waals surface area contributed by atoms with Crippen molar-refractivity contribution >= 4 is 27.7 Å². The van der Waals surface area contributed by atoms with Crippen molar-refractivity contribution in [2.24, 2.45) is 0 Å². The molecule has 1 fully saturated rings. The van der Waals surface area contributed by atoms with Crippen molar-refractivity contribution in [3.05, 3.63) is 30.3 Å². The molecule has 0 aromatic heterocycles. The highest BCUT2D eigenvalue weighted by Crippen LogP contribution is 2.40. The van der Waals surface area contributed by atoms with E-state index in [-0.39, 0.29) is 4.32 Å². The van der Waals surface area contributed by atoms with E-state index < -0.39 is 6.09 Å². The summed E-state index contributed by atoms with van der Waals surface area (Å²) in [7, 11) is 0. The van der Waals surface area contributed by atoms with Gasteiger partial charge in [0.25, 0.3) is 0 Å². The number of amides is 1. The molecular weight excluding hydrogens is 270 g/mol. The predicted octanol–water partition coefficient (Wildman–Crippen LogP) is 3.55. The molecule has 0 unspecified atom stereocenters. The van der Waals surface area contributed by atoms with Crippen molar-refractivity contribution in [3.63, 3.8) is 0 Å². The number of carbonyl (C=O) groups excluding carboxylic acids is 1. The Morgan fingerprint density at radius 2 is 2.06 bits per heavy atom. The summed E-state index contributed by atoms with van der Waals surface area (Å²) in [6.07, 6.45) is 2.96. The van der Waals surface area contributed by atoms with Gasteiger partial charge in [0.15, 0.2) is 0 Å². The Morgan fingerprint density at radius 1 is 1.38 bits per heavy atom. The maximum atomic E-state index is 11.4. The van der Waals surface area contributed by atoms with Crippen LogP contribution in [0.25, 0.3) is 0 Å². The Kier molecular flexibility index (Phi) is 3.49. The van der Waals surface area contributed by atoms with Gasteiger partial charge in [0.1, 0.15) is 6.61 Å². The van der Waals surface area contributed by atoms with Crippen LogP contribution in [0.2, 0.25) is 0 Å². The van der Waals surface area contributed by atoms with E-state index in [1.165, 1.54) is 6.42 Å². The molecule has 1 aromatic rings. The second kappa shape index (κ2) is 4.87. The first-order valence-electron chi connectivity index (χ1n) is 5.36. The van der Waals surface area contributed by atoms with Crippen LogP contribution in [0.3, 0.4) is 0 Å². The summed E-state index contributed by atoms with van der Waals surface area (Å²) in [6, 6.07) is 9.29. The molecule has 0 bridgehead atoms. The summed E-state index contributed by atoms with van der Waals surface area (Å²) in [5.41, 5.74) is 0.754. The lowest BCUT2D eigenvalue weighted by molar-refractivity contribution is 0.131. The summed E-state index contributed by atoms with van der Waals surface area (Å²) in [4.78, 5) is 11.4. The third-order valence-corrected chi connectivity index (χ3v) is 3.75. The predicted molar refractivity (Wildman–Crippen MR) is 66.9 cm³/mol. The zero-order chi connectivity index (χ0) is 11.4. The monoisotopic (exact) mass is 283 g/mol. The van der Waals surface area contributed by atoms with Crippen LogP contribution in [-0.2, 0) is 4.74 Å². The Bertz CT molecular complexity index is 363. The molecule has 4 heteroatoms. The van der Waals surface area contributed by atoms with Crippen molar-refractivity contribution < 1.29 is 9.53 Å². The third kappa shape index (κ3) is 2.98. The number of alkyl halides is 1. The van der Waals surface area contributed by atoms with Crippen LogP contribution in [-0.4, -0.2) is 17.0 Å². The molecule has 0 atom stereocenters. The second-order valence-corrected chi connectivity index (χ2v) is 5.75. The molecule has 86 valence electrons. The van der Waals surface area contributed by atoms with Gasteiger partial charge < -0.3 is 4.74 Å². The van der Waals surface area contributed by atoms with Gasteiger partial charge in [0.05, 0.1) is 4.32 Å². The quantitative estimate of drug-likeness (QED) is 0.862. The van der Waals surface area contributed by atoms with E-state index in [2.05, 4.69) is 21.2 Å². The lowest BCUT2D eigenvalue weighted by Crippen LogP contribution is -2.36. The Hall–Kier alpha value is -1.03. The number of ether oxygens (including phenoxy) is 1. The van der Waals surface area contributed by atoms with E-state index in [1.54, 1.807) is 0 Å². The average Bonchev–Trinajstić information content (AvgIpc) is 2.25. The molecule has 1 N–H and O–H groups in total. The van der Waals surface area contributed by atoms with Crippen LogP contribution < -0.4 is 5.32 Å². The van der Waals surface area contributed by atoms with E-state index in [0.717, 1.165) is 18.5 Å². The maximum Gasteiger partial charge on any atom is 0.411 e. The number of para-hydroxylation sites is 1. The summed E-state index contributed by atoms with van der Waals surface area (Å²) in [5.74, 6) is 0. The fraction of sp³-hybridized carbons (Fsp3) is 0.417. The number of anilines is 1. The molecule has 1 aliphatic rings. The fourth-order valence-corrected chi connectivity index (χ4v) is 2.25. The fourth-order valence-electron chi connectivity index (χ4n) is 1.58. The zero-order valence-corrected chi connectivity index (χ0v) is 10.5. The van der Waals surface area contributed by atoms with Crippen LogP contribution in [0.5, 0.6) is 0 Å². The van der Waals surface area contributed by atoms with Crippen molar-refractivity contribution in [2.75, 3.05) is 11.9 Å². The van der Waals surface area contributed by atoms with Gasteiger partial charge in [-0.3, -0.25) is 5.32 Å². The number of nitrogens with one attached hydrogen (secondary N) is 1. The SMILES string of the molecule is O=C(Nc1ccccc1)OCC1(Br)CCC1. The second-order valence-electron chi connectivity index (χ2n) is 4.07. The summed E-state index contributed by atoms with van der Waals surface area (Å²) < 4.78 is 5.18. The van der Waals surface area contributed by atoms with Crippen LogP contribution >= 0.6 is 15.9 Å². The van der Waals surface area contributed by atoms with Crippen LogP contribution in [0, 0.1) is 0 Å². The molecule has 1 amide bonds. The number of benzene rings is 1. The van der Waals surface area contributed by atoms with Gasteiger partial charge in [0, 0.05) is 5.69 Å². The molecular formula is C12H14BrNO2. The molecule has 0 saturated heterocycles. The Labute approximate surface area is 103 Å². The van der Waals surface area contributed by atoms with E-state index in [4.69, 9.17) is 4.74 Å². The number of carbonyl (C=O) groups is 1. The van der Waals surface area contributed by atoms with Crippen molar-refractivity contribution in [3.8, 4) is 0 Å². The number of halogens is 1. The number of hydrogen-bond acceptors (Lipinski definition) is 2. The molecule has 3 nitrogen and oxygen atoms in total. The molecule has 1 aliphatic carbocycles. The van der Waals surface area contributed by atoms with Crippen LogP contribution in [0.4, 0.5) is 10.5 Å². The highest BCUT2D eigenvalue weighted by molar-refractivity contribution is 9.10. The minimum Gasteiger partial charge on any atom is -0.448 e. The zero-order valence-electron chi connectivity index (χ0n) is 8.91. The van der Waals surface area contributed by atoms with Gasteiger partial charge in [-0.15, -0.1) is 0 Å². The van der Waals surface area contributed by atoms with Gasteiger partial charge in [-0.2, -0.15) is 0 Å². The summed E-state index contributed by atoms with van der Waals surface area (Å²) >= 11 is 3.58. The smallest absolute Gasteiger partial charge is 0.411 e. The van der Waals surface area contributed by atoms with Crippen LogP contribution in [0.15, 0.2) is 30.3 Å². The van der Waals surface area contributed by atoms with Crippen molar-refractivity contribution in [2.45, 2.75) is 23.6 Å². The Morgan fingerprint density at radius 3 is 2.62 bits per heavy atom. The molecule has 0 heterocycles. The Balaban J connectivity index is 1.76. The van der Waals surface area contributed by atoms with E-state index in [1.807, 2.05) is 30.3 Å². The maximum absolute atomic E-state index is 11.4. The van der Waals surface area contributed by atoms with E-state index in [0.29, 0.717) is 6.61 Å². The average molecular weight is 284 g/mol. The standard InChI is InChI=1S/C12H14BrNO2/c13-12(7-4-8-12)9-16-11(15)14-10-5-2-1-3-6-10/h1-3,5-6H,4,7-9H2,(H,14,15). The van der Waals surface area contributed by atoms with Gasteiger partial charge in [-0.25, -0.2) is 4.79 Å². The highest BCUT2D eigenvalue weighted by Gasteiger charge is 2.35. The molecule has 0 aliphatic heterocycles. The molecule has 0 spiro atoms. The van der Waals surface area contributed by atoms with E-state index >= 15 is 0 Å². The first-order valence-corrected chi connectivity index (χ1v) is 6.15. The first kappa shape index (κ1) is 11.5. The molecule has 16 heavy (non-hydrogen) atoms. The summed E-state index contributed by atoms with van der Waals surface area (Å²) in [6.45, 7) is 0.436. The normalized spacial score (nSPS) is 17.3. The topological polar surface area (TPSA) is 38.3 Å². The van der Waals surface area contributed by atoms with Crippen molar-refractivity contribution in [1.82, 2.24) is 0 Å². The van der Waals surface area contributed by atoms with Gasteiger partial charge in [-0.05, 0) is 25.0 Å². The molecule has 2 rings (SSSR count). The lowest BCUT2D eigenvalue weighted by Gasteiger charge is -2.35. The van der Waals surface area contributed by atoms with Crippen LogP contribution in [0.1, 0.15) is 19.3 Å². The molecule has 1 saturated carbocycles. The minimum absolute atomic E-state index is 0.0288. The third-order valence-electron chi connectivity index (χ3n) is 2.73.